The summed E-state index contributed by atoms with van der Waals surface area (Å²) in [6, 6.07) is 0. The van der Waals surface area contributed by atoms with Gasteiger partial charge in [-0.05, 0) is 25.3 Å². The minimum atomic E-state index is -1.25. The maximum Gasteiger partial charge on any atom is 0.505 e. The summed E-state index contributed by atoms with van der Waals surface area (Å²) >= 11 is 0. The summed E-state index contributed by atoms with van der Waals surface area (Å²) < 4.78 is 3.67. The van der Waals surface area contributed by atoms with Gasteiger partial charge in [0.1, 0.15) is 0 Å². The largest absolute Gasteiger partial charge is 0.505 e. The molecular weight excluding hydrogens is 134 g/mol. The molecule has 1 aliphatic rings. The molecule has 0 spiro atoms. The van der Waals surface area contributed by atoms with Crippen LogP contribution in [-0.4, -0.2) is 24.9 Å². The maximum atomic E-state index is 9.15. The molecule has 60 valence electrons. The minimum absolute atomic E-state index is 0.912. The third-order valence-corrected chi connectivity index (χ3v) is 1.20. The Morgan fingerprint density at radius 3 is 2.20 bits per heavy atom. The molecule has 0 atom stereocenters. The Morgan fingerprint density at radius 1 is 1.80 bits per heavy atom. The predicted molar refractivity (Wildman–Crippen MR) is 36.8 cm³/mol. The molecule has 4 nitrogen and oxygen atoms in total. The van der Waals surface area contributed by atoms with Crippen molar-refractivity contribution in [3.05, 3.63) is 0 Å². The van der Waals surface area contributed by atoms with Gasteiger partial charge >= 0.3 is 6.16 Å². The smallest absolute Gasteiger partial charge is 0.450 e. The third kappa shape index (κ3) is 7.23. The molecule has 0 aromatic rings. The summed E-state index contributed by atoms with van der Waals surface area (Å²) in [7, 11) is 1.10. The molecule has 1 aliphatic carbocycles. The van der Waals surface area contributed by atoms with Crippen LogP contribution >= 0.6 is 0 Å². The first-order valence-corrected chi connectivity index (χ1v) is 3.17. The van der Waals surface area contributed by atoms with Crippen LogP contribution in [0.4, 0.5) is 4.79 Å². The van der Waals surface area contributed by atoms with E-state index >= 15 is 0 Å². The van der Waals surface area contributed by atoms with Gasteiger partial charge in [-0.2, -0.15) is 0 Å². The molecule has 0 bridgehead atoms. The second-order valence-corrected chi connectivity index (χ2v) is 2.15. The first kappa shape index (κ1) is 9.23. The summed E-state index contributed by atoms with van der Waals surface area (Å²) in [5, 5.41) is 7.50. The van der Waals surface area contributed by atoms with E-state index < -0.39 is 6.16 Å². The van der Waals surface area contributed by atoms with E-state index in [1.54, 1.807) is 0 Å². The van der Waals surface area contributed by atoms with Gasteiger partial charge in [0.15, 0.2) is 0 Å². The second kappa shape index (κ2) is 5.05. The molecule has 4 heteroatoms. The van der Waals surface area contributed by atoms with Gasteiger partial charge in [-0.15, -0.1) is 0 Å². The normalized spacial score (nSPS) is 15.0. The molecule has 0 heterocycles. The van der Waals surface area contributed by atoms with E-state index in [-0.39, 0.29) is 0 Å². The summed E-state index contributed by atoms with van der Waals surface area (Å²) in [6.45, 7) is 0.917. The van der Waals surface area contributed by atoms with Gasteiger partial charge < -0.3 is 15.6 Å². The maximum absolute atomic E-state index is 9.15. The summed E-state index contributed by atoms with van der Waals surface area (Å²) in [5.74, 6) is 0.912. The first-order chi connectivity index (χ1) is 4.70. The van der Waals surface area contributed by atoms with E-state index in [9.17, 15) is 0 Å². The van der Waals surface area contributed by atoms with Crippen LogP contribution in [0.1, 0.15) is 12.8 Å². The Hall–Kier alpha value is -0.770. The number of nitrogens with two attached hydrogens (primary N) is 1. The summed E-state index contributed by atoms with van der Waals surface area (Å²) in [4.78, 5) is 9.15. The number of methoxy groups -OCH3 is 1. The zero-order valence-electron chi connectivity index (χ0n) is 6.04. The Kier molecular flexibility index (Phi) is 4.66. The summed E-state index contributed by atoms with van der Waals surface area (Å²) in [5.41, 5.74) is 5.23. The van der Waals surface area contributed by atoms with E-state index in [2.05, 4.69) is 4.74 Å². The van der Waals surface area contributed by atoms with Gasteiger partial charge in [-0.1, -0.05) is 0 Å². The average molecular weight is 147 g/mol. The van der Waals surface area contributed by atoms with E-state index in [4.69, 9.17) is 15.6 Å². The lowest BCUT2D eigenvalue weighted by atomic mass is 10.5. The van der Waals surface area contributed by atoms with Crippen molar-refractivity contribution < 1.29 is 14.6 Å². The van der Waals surface area contributed by atoms with Crippen LogP contribution in [0.5, 0.6) is 0 Å². The molecule has 0 aromatic heterocycles. The summed E-state index contributed by atoms with van der Waals surface area (Å²) in [6.07, 6.45) is 1.53. The van der Waals surface area contributed by atoms with Crippen molar-refractivity contribution in [2.24, 2.45) is 11.7 Å². The van der Waals surface area contributed by atoms with Crippen LogP contribution in [-0.2, 0) is 4.74 Å². The first-order valence-electron chi connectivity index (χ1n) is 3.17. The predicted octanol–water partition coefficient (Wildman–Crippen LogP) is 0.666. The van der Waals surface area contributed by atoms with Gasteiger partial charge in [0.2, 0.25) is 0 Å². The van der Waals surface area contributed by atoms with Crippen molar-refractivity contribution in [1.29, 1.82) is 0 Å². The van der Waals surface area contributed by atoms with Crippen molar-refractivity contribution in [3.8, 4) is 0 Å². The van der Waals surface area contributed by atoms with Crippen LogP contribution in [0.25, 0.3) is 0 Å². The van der Waals surface area contributed by atoms with E-state index in [1.165, 1.54) is 12.8 Å². The van der Waals surface area contributed by atoms with Crippen molar-refractivity contribution in [2.45, 2.75) is 12.8 Å². The molecule has 3 N–H and O–H groups in total. The highest BCUT2D eigenvalue weighted by Gasteiger charge is 2.17. The molecule has 0 aromatic carbocycles. The fraction of sp³-hybridized carbons (Fsp3) is 0.833. The fourth-order valence-electron chi connectivity index (χ4n) is 0.354. The Labute approximate surface area is 60.0 Å². The van der Waals surface area contributed by atoms with Crippen LogP contribution in [0, 0.1) is 5.92 Å². The Bertz CT molecular complexity index is 101. The van der Waals surface area contributed by atoms with Crippen molar-refractivity contribution in [1.82, 2.24) is 0 Å². The standard InChI is InChI=1S/C4H9N.C2H4O3/c5-3-4-1-2-4;1-5-2(3)4/h4H,1-3,5H2;1H3,(H,3,4). The molecule has 0 amide bonds. The molecule has 10 heavy (non-hydrogen) atoms. The Morgan fingerprint density at radius 2 is 2.20 bits per heavy atom. The molecule has 0 radical (unpaired) electrons. The van der Waals surface area contributed by atoms with Crippen LogP contribution in [0.3, 0.4) is 0 Å². The number of carbonyl (C=O) groups is 1. The molecule has 1 fully saturated rings. The van der Waals surface area contributed by atoms with Crippen molar-refractivity contribution in [3.63, 3.8) is 0 Å². The molecular formula is C6H13NO3. The molecule has 0 saturated heterocycles. The van der Waals surface area contributed by atoms with Crippen LogP contribution < -0.4 is 5.73 Å². The zero-order valence-corrected chi connectivity index (χ0v) is 6.04. The zero-order chi connectivity index (χ0) is 7.98. The second-order valence-electron chi connectivity index (χ2n) is 2.15. The molecule has 0 aliphatic heterocycles. The average Bonchev–Trinajstić information content (AvgIpc) is 2.70. The molecule has 1 rings (SSSR count). The van der Waals surface area contributed by atoms with Crippen molar-refractivity contribution >= 4 is 6.16 Å². The highest BCUT2D eigenvalue weighted by Crippen LogP contribution is 2.26. The monoisotopic (exact) mass is 147 g/mol. The van der Waals surface area contributed by atoms with Gasteiger partial charge in [-0.3, -0.25) is 0 Å². The molecule has 1 saturated carbocycles. The van der Waals surface area contributed by atoms with E-state index in [0.29, 0.717) is 0 Å². The van der Waals surface area contributed by atoms with Crippen molar-refractivity contribution in [2.75, 3.05) is 13.7 Å². The topological polar surface area (TPSA) is 72.5 Å². The number of hydrogen-bond acceptors (Lipinski definition) is 3. The van der Waals surface area contributed by atoms with Gasteiger partial charge in [0.25, 0.3) is 0 Å². The van der Waals surface area contributed by atoms with Gasteiger partial charge in [-0.25, -0.2) is 4.79 Å². The lowest BCUT2D eigenvalue weighted by Gasteiger charge is -1.79. The number of carboxylic acid groups (broad SMARTS) is 1. The van der Waals surface area contributed by atoms with E-state index in [0.717, 1.165) is 19.6 Å². The van der Waals surface area contributed by atoms with Crippen LogP contribution in [0.2, 0.25) is 0 Å². The number of rotatable bonds is 1. The Balaban J connectivity index is 0.000000162. The SMILES string of the molecule is COC(=O)O.NCC1CC1. The lowest BCUT2D eigenvalue weighted by Crippen LogP contribution is -1.98. The lowest BCUT2D eigenvalue weighted by molar-refractivity contribution is 0.114. The number of hydrogen-bond donors (Lipinski definition) is 2. The molecule has 0 unspecified atom stereocenters. The highest BCUT2D eigenvalue weighted by molar-refractivity contribution is 5.56. The highest BCUT2D eigenvalue weighted by atomic mass is 16.6. The van der Waals surface area contributed by atoms with Gasteiger partial charge in [0, 0.05) is 0 Å². The third-order valence-electron chi connectivity index (χ3n) is 1.20. The van der Waals surface area contributed by atoms with Gasteiger partial charge in [0.05, 0.1) is 7.11 Å². The fourth-order valence-corrected chi connectivity index (χ4v) is 0.354. The number of ether oxygens (including phenoxy) is 1. The van der Waals surface area contributed by atoms with E-state index in [1.807, 2.05) is 0 Å². The quantitative estimate of drug-likeness (QED) is 0.534. The minimum Gasteiger partial charge on any atom is -0.450 e. The van der Waals surface area contributed by atoms with Crippen LogP contribution in [0.15, 0.2) is 0 Å².